The summed E-state index contributed by atoms with van der Waals surface area (Å²) in [6.07, 6.45) is 6.77. The molecule has 6 heteroatoms. The first-order valence-corrected chi connectivity index (χ1v) is 7.89. The van der Waals surface area contributed by atoms with Gasteiger partial charge in [-0.3, -0.25) is 9.59 Å². The van der Waals surface area contributed by atoms with E-state index in [2.05, 4.69) is 5.32 Å². The zero-order valence-corrected chi connectivity index (χ0v) is 13.8. The van der Waals surface area contributed by atoms with Crippen molar-refractivity contribution in [3.8, 4) is 0 Å². The van der Waals surface area contributed by atoms with Gasteiger partial charge in [-0.05, 0) is 18.8 Å². The maximum atomic E-state index is 12.2. The van der Waals surface area contributed by atoms with Crippen molar-refractivity contribution >= 4 is 24.2 Å². The van der Waals surface area contributed by atoms with E-state index in [9.17, 15) is 9.59 Å². The summed E-state index contributed by atoms with van der Waals surface area (Å²) in [5.41, 5.74) is 0. The summed E-state index contributed by atoms with van der Waals surface area (Å²) in [6, 6.07) is 0. The van der Waals surface area contributed by atoms with Crippen LogP contribution in [0.3, 0.4) is 0 Å². The van der Waals surface area contributed by atoms with Gasteiger partial charge in [-0.2, -0.15) is 0 Å². The van der Waals surface area contributed by atoms with E-state index in [4.69, 9.17) is 0 Å². The molecular weight excluding hydrogens is 290 g/mol. The molecule has 1 N–H and O–H groups in total. The van der Waals surface area contributed by atoms with Crippen molar-refractivity contribution in [1.82, 2.24) is 15.1 Å². The van der Waals surface area contributed by atoms with E-state index in [1.165, 1.54) is 32.1 Å². The molecular formula is C15H28ClN3O2. The van der Waals surface area contributed by atoms with Gasteiger partial charge in [0.05, 0.1) is 6.54 Å². The number of hydrogen-bond acceptors (Lipinski definition) is 3. The minimum atomic E-state index is 0. The van der Waals surface area contributed by atoms with Crippen LogP contribution >= 0.6 is 12.4 Å². The van der Waals surface area contributed by atoms with E-state index in [-0.39, 0.29) is 30.8 Å². The fourth-order valence-electron chi connectivity index (χ4n) is 3.10. The quantitative estimate of drug-likeness (QED) is 0.849. The molecule has 0 unspecified atom stereocenters. The third-order valence-electron chi connectivity index (χ3n) is 4.46. The molecule has 1 saturated heterocycles. The summed E-state index contributed by atoms with van der Waals surface area (Å²) in [7, 11) is 1.76. The van der Waals surface area contributed by atoms with Crippen LogP contribution in [0.2, 0.25) is 0 Å². The van der Waals surface area contributed by atoms with Crippen molar-refractivity contribution in [3.63, 3.8) is 0 Å². The largest absolute Gasteiger partial charge is 0.339 e. The van der Waals surface area contributed by atoms with Gasteiger partial charge in [-0.25, -0.2) is 0 Å². The number of halogens is 1. The van der Waals surface area contributed by atoms with Gasteiger partial charge in [0.1, 0.15) is 0 Å². The lowest BCUT2D eigenvalue weighted by Gasteiger charge is -2.30. The topological polar surface area (TPSA) is 52.7 Å². The second-order valence-electron chi connectivity index (χ2n) is 6.09. The standard InChI is InChI=1S/C15H27N3O2.ClH/c1-17(12-15(20)18-9-7-16-8-10-18)14(19)11-13-5-3-2-4-6-13;/h13,16H,2-12H2,1H3;1H. The van der Waals surface area contributed by atoms with E-state index in [0.717, 1.165) is 26.2 Å². The maximum absolute atomic E-state index is 12.2. The lowest BCUT2D eigenvalue weighted by atomic mass is 9.87. The average molecular weight is 318 g/mol. The number of nitrogens with zero attached hydrogens (tertiary/aromatic N) is 2. The molecule has 2 amide bonds. The first kappa shape index (κ1) is 18.2. The Bertz CT molecular complexity index is 340. The number of nitrogens with one attached hydrogen (secondary N) is 1. The molecule has 21 heavy (non-hydrogen) atoms. The Morgan fingerprint density at radius 2 is 1.76 bits per heavy atom. The molecule has 0 aromatic rings. The highest BCUT2D eigenvalue weighted by molar-refractivity contribution is 5.85. The van der Waals surface area contributed by atoms with Crippen molar-refractivity contribution in [2.24, 2.45) is 5.92 Å². The predicted octanol–water partition coefficient (Wildman–Crippen LogP) is 1.27. The molecule has 1 aliphatic carbocycles. The lowest BCUT2D eigenvalue weighted by Crippen LogP contribution is -2.49. The number of carbonyl (C=O) groups excluding carboxylic acids is 2. The SMILES string of the molecule is CN(CC(=O)N1CCNCC1)C(=O)CC1CCCCC1.Cl. The smallest absolute Gasteiger partial charge is 0.242 e. The van der Waals surface area contributed by atoms with E-state index in [1.54, 1.807) is 11.9 Å². The molecule has 1 saturated carbocycles. The molecule has 1 heterocycles. The zero-order chi connectivity index (χ0) is 14.4. The molecule has 0 atom stereocenters. The van der Waals surface area contributed by atoms with Gasteiger partial charge in [0.15, 0.2) is 0 Å². The monoisotopic (exact) mass is 317 g/mol. The second kappa shape index (κ2) is 9.26. The van der Waals surface area contributed by atoms with Crippen LogP contribution in [0.5, 0.6) is 0 Å². The normalized spacial score (nSPS) is 19.8. The number of hydrogen-bond donors (Lipinski definition) is 1. The predicted molar refractivity (Wildman–Crippen MR) is 85.5 cm³/mol. The molecule has 122 valence electrons. The van der Waals surface area contributed by atoms with Crippen molar-refractivity contribution in [3.05, 3.63) is 0 Å². The fraction of sp³-hybridized carbons (Fsp3) is 0.867. The molecule has 2 rings (SSSR count). The van der Waals surface area contributed by atoms with Crippen LogP contribution in [0, 0.1) is 5.92 Å². The Morgan fingerprint density at radius 3 is 2.38 bits per heavy atom. The van der Waals surface area contributed by atoms with Crippen LogP contribution in [0.4, 0.5) is 0 Å². The minimum absolute atomic E-state index is 0. The van der Waals surface area contributed by atoms with Gasteiger partial charge in [0.25, 0.3) is 0 Å². The highest BCUT2D eigenvalue weighted by Gasteiger charge is 2.22. The van der Waals surface area contributed by atoms with Gasteiger partial charge < -0.3 is 15.1 Å². The van der Waals surface area contributed by atoms with E-state index in [1.807, 2.05) is 4.90 Å². The van der Waals surface area contributed by atoms with Crippen LogP contribution < -0.4 is 5.32 Å². The molecule has 0 spiro atoms. The van der Waals surface area contributed by atoms with Crippen LogP contribution in [0.15, 0.2) is 0 Å². The van der Waals surface area contributed by atoms with Crippen molar-refractivity contribution in [2.75, 3.05) is 39.8 Å². The van der Waals surface area contributed by atoms with Crippen LogP contribution in [0.25, 0.3) is 0 Å². The average Bonchev–Trinajstić information content (AvgIpc) is 2.49. The number of rotatable bonds is 4. The first-order chi connectivity index (χ1) is 9.66. The van der Waals surface area contributed by atoms with Gasteiger partial charge in [0.2, 0.25) is 11.8 Å². The number of amides is 2. The summed E-state index contributed by atoms with van der Waals surface area (Å²) in [6.45, 7) is 3.44. The lowest BCUT2D eigenvalue weighted by molar-refractivity contribution is -0.140. The number of likely N-dealkylation sites (N-methyl/N-ethyl adjacent to an activating group) is 1. The maximum Gasteiger partial charge on any atom is 0.242 e. The van der Waals surface area contributed by atoms with Gasteiger partial charge in [-0.15, -0.1) is 12.4 Å². The Labute approximate surface area is 133 Å². The first-order valence-electron chi connectivity index (χ1n) is 7.89. The molecule has 0 aromatic carbocycles. The molecule has 0 bridgehead atoms. The minimum Gasteiger partial charge on any atom is -0.339 e. The van der Waals surface area contributed by atoms with Gasteiger partial charge in [-0.1, -0.05) is 19.3 Å². The molecule has 0 radical (unpaired) electrons. The third-order valence-corrected chi connectivity index (χ3v) is 4.46. The molecule has 2 aliphatic rings. The van der Waals surface area contributed by atoms with Crippen molar-refractivity contribution in [2.45, 2.75) is 38.5 Å². The summed E-state index contributed by atoms with van der Waals surface area (Å²) >= 11 is 0. The van der Waals surface area contributed by atoms with Gasteiger partial charge in [0, 0.05) is 39.6 Å². The molecule has 0 aromatic heterocycles. The summed E-state index contributed by atoms with van der Waals surface area (Å²) in [5.74, 6) is 0.736. The Morgan fingerprint density at radius 1 is 1.14 bits per heavy atom. The van der Waals surface area contributed by atoms with E-state index < -0.39 is 0 Å². The summed E-state index contributed by atoms with van der Waals surface area (Å²) in [5, 5.41) is 3.23. The highest BCUT2D eigenvalue weighted by Crippen LogP contribution is 2.26. The Hall–Kier alpha value is -0.810. The van der Waals surface area contributed by atoms with E-state index >= 15 is 0 Å². The Balaban J connectivity index is 0.00000220. The Kier molecular flexibility index (Phi) is 8.04. The van der Waals surface area contributed by atoms with Gasteiger partial charge >= 0.3 is 0 Å². The van der Waals surface area contributed by atoms with Crippen LogP contribution in [0.1, 0.15) is 38.5 Å². The summed E-state index contributed by atoms with van der Waals surface area (Å²) < 4.78 is 0. The molecule has 1 aliphatic heterocycles. The third kappa shape index (κ3) is 5.83. The zero-order valence-electron chi connectivity index (χ0n) is 13.0. The summed E-state index contributed by atoms with van der Waals surface area (Å²) in [4.78, 5) is 27.7. The second-order valence-corrected chi connectivity index (χ2v) is 6.09. The van der Waals surface area contributed by atoms with Crippen LogP contribution in [-0.2, 0) is 9.59 Å². The number of piperazine rings is 1. The van der Waals surface area contributed by atoms with Crippen molar-refractivity contribution in [1.29, 1.82) is 0 Å². The number of carbonyl (C=O) groups is 2. The highest BCUT2D eigenvalue weighted by atomic mass is 35.5. The van der Waals surface area contributed by atoms with Crippen molar-refractivity contribution < 1.29 is 9.59 Å². The molecule has 5 nitrogen and oxygen atoms in total. The van der Waals surface area contributed by atoms with E-state index in [0.29, 0.717) is 12.3 Å². The fourth-order valence-corrected chi connectivity index (χ4v) is 3.10. The van der Waals surface area contributed by atoms with Crippen LogP contribution in [-0.4, -0.2) is 61.4 Å². The molecule has 2 fully saturated rings.